The van der Waals surface area contributed by atoms with Crippen LogP contribution in [0.2, 0.25) is 0 Å². The van der Waals surface area contributed by atoms with E-state index in [2.05, 4.69) is 5.32 Å². The zero-order valence-electron chi connectivity index (χ0n) is 14.4. The molecule has 7 nitrogen and oxygen atoms in total. The Balaban J connectivity index is 0. The van der Waals surface area contributed by atoms with Crippen molar-refractivity contribution in [2.75, 3.05) is 11.9 Å². The van der Waals surface area contributed by atoms with Gasteiger partial charge in [0.15, 0.2) is 0 Å². The molecular formula is C13H19Li2NO6S2. The molecule has 11 heteroatoms. The van der Waals surface area contributed by atoms with Gasteiger partial charge in [0, 0.05) is 6.54 Å². The van der Waals surface area contributed by atoms with E-state index in [1.807, 2.05) is 13.8 Å². The molecule has 1 N–H and O–H groups in total. The summed E-state index contributed by atoms with van der Waals surface area (Å²) in [6, 6.07) is 2.55. The normalized spacial score (nSPS) is 12.7. The molecule has 0 spiro atoms. The Labute approximate surface area is 167 Å². The fourth-order valence-electron chi connectivity index (χ4n) is 1.96. The number of hydrogen-bond acceptors (Lipinski definition) is 7. The molecule has 1 aromatic rings. The SMILES string of the molecule is CCCCC(C)CNc1cc(S(=O)(=O)[O-])ccc1S(=O)(=O)[O-].[Li+].[Li+]. The second kappa shape index (κ2) is 10.9. The molecule has 1 atom stereocenters. The van der Waals surface area contributed by atoms with Crippen molar-refractivity contribution in [3.05, 3.63) is 18.2 Å². The van der Waals surface area contributed by atoms with Gasteiger partial charge in [0.2, 0.25) is 0 Å². The Bertz CT molecular complexity index is 722. The van der Waals surface area contributed by atoms with Crippen molar-refractivity contribution in [1.82, 2.24) is 0 Å². The number of unbranched alkanes of at least 4 members (excludes halogenated alkanes) is 1. The summed E-state index contributed by atoms with van der Waals surface area (Å²) >= 11 is 0. The summed E-state index contributed by atoms with van der Waals surface area (Å²) in [5.41, 5.74) is -0.157. The molecule has 0 bridgehead atoms. The zero-order chi connectivity index (χ0) is 17.0. The molecule has 0 saturated carbocycles. The molecule has 0 fully saturated rings. The third-order valence-corrected chi connectivity index (χ3v) is 4.93. The maximum atomic E-state index is 11.2. The van der Waals surface area contributed by atoms with E-state index in [1.165, 1.54) is 0 Å². The Morgan fingerprint density at radius 1 is 1.08 bits per heavy atom. The van der Waals surface area contributed by atoms with Gasteiger partial charge in [0.05, 0.1) is 15.5 Å². The van der Waals surface area contributed by atoms with Gasteiger partial charge in [-0.15, -0.1) is 0 Å². The quantitative estimate of drug-likeness (QED) is 0.366. The van der Waals surface area contributed by atoms with E-state index in [0.29, 0.717) is 6.54 Å². The predicted molar refractivity (Wildman–Crippen MR) is 79.5 cm³/mol. The van der Waals surface area contributed by atoms with Crippen molar-refractivity contribution in [2.45, 2.75) is 42.9 Å². The van der Waals surface area contributed by atoms with E-state index >= 15 is 0 Å². The van der Waals surface area contributed by atoms with Gasteiger partial charge in [0.25, 0.3) is 0 Å². The topological polar surface area (TPSA) is 126 Å². The molecule has 0 heterocycles. The standard InChI is InChI=1S/C13H21NO6S2.2Li/c1-3-4-5-10(2)9-14-12-8-11(21(15,16)17)6-7-13(12)22(18,19)20;;/h6-8,10,14H,3-5,9H2,1-2H3,(H,15,16,17)(H,18,19,20);;/q;2*+1/p-2. The Morgan fingerprint density at radius 2 is 1.67 bits per heavy atom. The predicted octanol–water partition coefficient (Wildman–Crippen LogP) is -4.26. The number of benzene rings is 1. The molecule has 1 aromatic carbocycles. The first kappa shape index (κ1) is 26.3. The van der Waals surface area contributed by atoms with Crippen molar-refractivity contribution in [3.63, 3.8) is 0 Å². The van der Waals surface area contributed by atoms with Crippen LogP contribution in [-0.4, -0.2) is 32.5 Å². The minimum atomic E-state index is -4.77. The minimum absolute atomic E-state index is 0. The molecule has 0 radical (unpaired) electrons. The van der Waals surface area contributed by atoms with Crippen LogP contribution in [0.15, 0.2) is 28.0 Å². The van der Waals surface area contributed by atoms with Crippen molar-refractivity contribution in [3.8, 4) is 0 Å². The summed E-state index contributed by atoms with van der Waals surface area (Å²) in [4.78, 5) is -1.15. The average Bonchev–Trinajstić information content (AvgIpc) is 2.40. The van der Waals surface area contributed by atoms with Gasteiger partial charge in [-0.05, 0) is 30.5 Å². The first-order valence-electron chi connectivity index (χ1n) is 6.85. The Morgan fingerprint density at radius 3 is 2.12 bits per heavy atom. The average molecular weight is 363 g/mol. The maximum absolute atomic E-state index is 11.2. The second-order valence-electron chi connectivity index (χ2n) is 5.19. The number of anilines is 1. The van der Waals surface area contributed by atoms with Crippen LogP contribution in [0.5, 0.6) is 0 Å². The third kappa shape index (κ3) is 8.42. The summed E-state index contributed by atoms with van der Waals surface area (Å²) in [6.07, 6.45) is 2.93. The fourth-order valence-corrected chi connectivity index (χ4v) is 3.09. The maximum Gasteiger partial charge on any atom is 1.00 e. The minimum Gasteiger partial charge on any atom is -0.744 e. The van der Waals surface area contributed by atoms with E-state index in [4.69, 9.17) is 0 Å². The number of hydrogen-bond donors (Lipinski definition) is 1. The van der Waals surface area contributed by atoms with E-state index in [0.717, 1.165) is 37.5 Å². The summed E-state index contributed by atoms with van der Waals surface area (Å²) in [5.74, 6) is 0.203. The van der Waals surface area contributed by atoms with Gasteiger partial charge in [-0.2, -0.15) is 0 Å². The van der Waals surface area contributed by atoms with Gasteiger partial charge < -0.3 is 14.4 Å². The summed E-state index contributed by atoms with van der Waals surface area (Å²) < 4.78 is 66.7. The Kier molecular flexibility index (Phi) is 11.9. The molecule has 1 unspecified atom stereocenters. The van der Waals surface area contributed by atoms with E-state index in [-0.39, 0.29) is 49.3 Å². The van der Waals surface area contributed by atoms with Gasteiger partial charge in [0.1, 0.15) is 20.2 Å². The van der Waals surface area contributed by atoms with Crippen LogP contribution in [-0.2, 0) is 20.2 Å². The summed E-state index contributed by atoms with van der Waals surface area (Å²) in [6.45, 7) is 4.36. The van der Waals surface area contributed by atoms with Crippen LogP contribution in [0.1, 0.15) is 33.1 Å². The Hall–Kier alpha value is 0.0348. The van der Waals surface area contributed by atoms with Crippen LogP contribution in [0.25, 0.3) is 0 Å². The summed E-state index contributed by atoms with van der Waals surface area (Å²) in [5, 5.41) is 2.76. The second-order valence-corrected chi connectivity index (χ2v) is 7.92. The van der Waals surface area contributed by atoms with Crippen LogP contribution in [0.3, 0.4) is 0 Å². The zero-order valence-corrected chi connectivity index (χ0v) is 16.0. The molecule has 0 aliphatic rings. The van der Waals surface area contributed by atoms with Gasteiger partial charge in [-0.3, -0.25) is 0 Å². The smallest absolute Gasteiger partial charge is 0.744 e. The summed E-state index contributed by atoms with van der Waals surface area (Å²) in [7, 11) is -9.50. The first-order valence-corrected chi connectivity index (χ1v) is 9.67. The van der Waals surface area contributed by atoms with Gasteiger partial charge >= 0.3 is 37.7 Å². The van der Waals surface area contributed by atoms with Crippen molar-refractivity contribution in [2.24, 2.45) is 5.92 Å². The van der Waals surface area contributed by atoms with Crippen molar-refractivity contribution in [1.29, 1.82) is 0 Å². The molecule has 0 aromatic heterocycles. The van der Waals surface area contributed by atoms with E-state index < -0.39 is 30.0 Å². The van der Waals surface area contributed by atoms with Crippen LogP contribution in [0, 0.1) is 5.92 Å². The third-order valence-electron chi connectivity index (χ3n) is 3.20. The fraction of sp³-hybridized carbons (Fsp3) is 0.538. The van der Waals surface area contributed by atoms with Crippen molar-refractivity contribution < 1.29 is 63.7 Å². The largest absolute Gasteiger partial charge is 1.00 e. The molecule has 24 heavy (non-hydrogen) atoms. The molecule has 0 aliphatic carbocycles. The molecule has 126 valence electrons. The molecule has 0 amide bonds. The number of rotatable bonds is 8. The first-order chi connectivity index (χ1) is 10.1. The van der Waals surface area contributed by atoms with Crippen molar-refractivity contribution >= 4 is 25.9 Å². The van der Waals surface area contributed by atoms with Crippen LogP contribution in [0.4, 0.5) is 5.69 Å². The van der Waals surface area contributed by atoms with Crippen LogP contribution < -0.4 is 43.0 Å². The molecule has 0 aliphatic heterocycles. The van der Waals surface area contributed by atoms with E-state index in [9.17, 15) is 25.9 Å². The molecular weight excluding hydrogens is 344 g/mol. The van der Waals surface area contributed by atoms with E-state index in [1.54, 1.807) is 0 Å². The number of nitrogens with one attached hydrogen (secondary N) is 1. The molecule has 1 rings (SSSR count). The van der Waals surface area contributed by atoms with Crippen LogP contribution >= 0.6 is 0 Å². The van der Waals surface area contributed by atoms with Gasteiger partial charge in [-0.1, -0.05) is 26.7 Å². The van der Waals surface area contributed by atoms with Gasteiger partial charge in [-0.25, -0.2) is 16.8 Å². The monoisotopic (exact) mass is 363 g/mol. The molecule has 0 saturated heterocycles.